The lowest BCUT2D eigenvalue weighted by Crippen LogP contribution is -2.45. The smallest absolute Gasteiger partial charge is 0.241 e. The molecule has 0 saturated carbocycles. The van der Waals surface area contributed by atoms with Crippen molar-refractivity contribution in [3.05, 3.63) is 23.8 Å². The molecular weight excluding hydrogens is 266 g/mol. The summed E-state index contributed by atoms with van der Waals surface area (Å²) in [6.07, 6.45) is 0.408. The standard InChI is InChI=1S/C16H25N3O2/c1-6-13(20)18-11-8-7-9-12(10(11)2)19-15(21)14(17)16(3,4)5/h7-9,14H,6,17H2,1-5H3,(H,18,20)(H,19,21). The number of rotatable bonds is 4. The van der Waals surface area contributed by atoms with E-state index in [4.69, 9.17) is 5.73 Å². The fraction of sp³-hybridized carbons (Fsp3) is 0.500. The molecular formula is C16H25N3O2. The lowest BCUT2D eigenvalue weighted by atomic mass is 9.87. The Hall–Kier alpha value is -1.88. The van der Waals surface area contributed by atoms with Crippen molar-refractivity contribution in [1.82, 2.24) is 0 Å². The Morgan fingerprint density at radius 3 is 2.19 bits per heavy atom. The molecule has 21 heavy (non-hydrogen) atoms. The second-order valence-corrected chi connectivity index (χ2v) is 6.21. The van der Waals surface area contributed by atoms with Gasteiger partial charge < -0.3 is 16.4 Å². The molecule has 0 aliphatic carbocycles. The van der Waals surface area contributed by atoms with Crippen molar-refractivity contribution < 1.29 is 9.59 Å². The van der Waals surface area contributed by atoms with E-state index in [9.17, 15) is 9.59 Å². The number of benzene rings is 1. The highest BCUT2D eigenvalue weighted by Gasteiger charge is 2.27. The zero-order valence-electron chi connectivity index (χ0n) is 13.4. The summed E-state index contributed by atoms with van der Waals surface area (Å²) in [7, 11) is 0. The molecule has 0 radical (unpaired) electrons. The highest BCUT2D eigenvalue weighted by atomic mass is 16.2. The van der Waals surface area contributed by atoms with Crippen LogP contribution in [0.3, 0.4) is 0 Å². The number of hydrogen-bond acceptors (Lipinski definition) is 3. The molecule has 5 nitrogen and oxygen atoms in total. The van der Waals surface area contributed by atoms with Crippen LogP contribution in [0.15, 0.2) is 18.2 Å². The first-order chi connectivity index (χ1) is 9.66. The molecule has 0 fully saturated rings. The maximum absolute atomic E-state index is 12.2. The highest BCUT2D eigenvalue weighted by Crippen LogP contribution is 2.25. The summed E-state index contributed by atoms with van der Waals surface area (Å²) >= 11 is 0. The van der Waals surface area contributed by atoms with Gasteiger partial charge in [-0.3, -0.25) is 9.59 Å². The van der Waals surface area contributed by atoms with Gasteiger partial charge in [0, 0.05) is 17.8 Å². The number of hydrogen-bond donors (Lipinski definition) is 3. The van der Waals surface area contributed by atoms with Crippen LogP contribution in [0.4, 0.5) is 11.4 Å². The number of nitrogens with two attached hydrogens (primary N) is 1. The van der Waals surface area contributed by atoms with Crippen molar-refractivity contribution >= 4 is 23.2 Å². The van der Waals surface area contributed by atoms with Crippen molar-refractivity contribution in [1.29, 1.82) is 0 Å². The summed E-state index contributed by atoms with van der Waals surface area (Å²) in [5.74, 6) is -0.294. The summed E-state index contributed by atoms with van der Waals surface area (Å²) in [5.41, 5.74) is 7.81. The number of carbonyl (C=O) groups excluding carboxylic acids is 2. The third-order valence-corrected chi connectivity index (χ3v) is 3.40. The molecule has 0 saturated heterocycles. The van der Waals surface area contributed by atoms with Gasteiger partial charge in [0.1, 0.15) is 0 Å². The van der Waals surface area contributed by atoms with Gasteiger partial charge in [-0.1, -0.05) is 33.8 Å². The Balaban J connectivity index is 2.92. The van der Waals surface area contributed by atoms with Gasteiger partial charge >= 0.3 is 0 Å². The fourth-order valence-electron chi connectivity index (χ4n) is 1.75. The van der Waals surface area contributed by atoms with Crippen LogP contribution >= 0.6 is 0 Å². The molecule has 1 unspecified atom stereocenters. The summed E-state index contributed by atoms with van der Waals surface area (Å²) in [6, 6.07) is 4.79. The van der Waals surface area contributed by atoms with E-state index in [0.29, 0.717) is 17.8 Å². The molecule has 1 rings (SSSR count). The van der Waals surface area contributed by atoms with Crippen molar-refractivity contribution in [3.63, 3.8) is 0 Å². The summed E-state index contributed by atoms with van der Waals surface area (Å²) < 4.78 is 0. The first-order valence-electron chi connectivity index (χ1n) is 7.12. The Bertz CT molecular complexity index is 533. The molecule has 116 valence electrons. The molecule has 4 N–H and O–H groups in total. The average molecular weight is 291 g/mol. The molecule has 1 atom stereocenters. The normalized spacial score (nSPS) is 12.7. The second kappa shape index (κ2) is 6.72. The summed E-state index contributed by atoms with van der Waals surface area (Å²) in [5, 5.41) is 5.64. The van der Waals surface area contributed by atoms with Gasteiger partial charge in [0.15, 0.2) is 0 Å². The van der Waals surface area contributed by atoms with Crippen LogP contribution < -0.4 is 16.4 Å². The van der Waals surface area contributed by atoms with Crippen LogP contribution in [-0.2, 0) is 9.59 Å². The van der Waals surface area contributed by atoms with Crippen LogP contribution in [0.1, 0.15) is 39.7 Å². The van der Waals surface area contributed by atoms with Crippen molar-refractivity contribution in [2.45, 2.75) is 47.1 Å². The molecule has 2 amide bonds. The fourth-order valence-corrected chi connectivity index (χ4v) is 1.75. The van der Waals surface area contributed by atoms with Gasteiger partial charge in [0.2, 0.25) is 11.8 Å². The molecule has 0 aromatic heterocycles. The molecule has 0 aliphatic heterocycles. The number of amides is 2. The van der Waals surface area contributed by atoms with Crippen molar-refractivity contribution in [2.24, 2.45) is 11.1 Å². The predicted molar refractivity (Wildman–Crippen MR) is 86.2 cm³/mol. The molecule has 1 aromatic carbocycles. The van der Waals surface area contributed by atoms with Crippen LogP contribution in [-0.4, -0.2) is 17.9 Å². The topological polar surface area (TPSA) is 84.2 Å². The van der Waals surface area contributed by atoms with E-state index in [1.54, 1.807) is 19.1 Å². The summed E-state index contributed by atoms with van der Waals surface area (Å²) in [6.45, 7) is 9.40. The zero-order valence-corrected chi connectivity index (χ0v) is 13.4. The molecule has 5 heteroatoms. The Morgan fingerprint density at radius 2 is 1.71 bits per heavy atom. The maximum atomic E-state index is 12.2. The zero-order chi connectivity index (χ0) is 16.2. The largest absolute Gasteiger partial charge is 0.326 e. The molecule has 0 spiro atoms. The van der Waals surface area contributed by atoms with Gasteiger partial charge in [-0.15, -0.1) is 0 Å². The monoisotopic (exact) mass is 291 g/mol. The van der Waals surface area contributed by atoms with E-state index in [2.05, 4.69) is 10.6 Å². The second-order valence-electron chi connectivity index (χ2n) is 6.21. The van der Waals surface area contributed by atoms with Gasteiger partial charge in [0.05, 0.1) is 6.04 Å². The lowest BCUT2D eigenvalue weighted by molar-refractivity contribution is -0.119. The van der Waals surface area contributed by atoms with E-state index < -0.39 is 6.04 Å². The minimum Gasteiger partial charge on any atom is -0.326 e. The minimum atomic E-state index is -0.606. The quantitative estimate of drug-likeness (QED) is 0.797. The first-order valence-corrected chi connectivity index (χ1v) is 7.12. The molecule has 0 bridgehead atoms. The Labute approximate surface area is 126 Å². The van der Waals surface area contributed by atoms with Crippen LogP contribution in [0.5, 0.6) is 0 Å². The van der Waals surface area contributed by atoms with E-state index in [0.717, 1.165) is 5.56 Å². The SMILES string of the molecule is CCC(=O)Nc1cccc(NC(=O)C(N)C(C)(C)C)c1C. The van der Waals surface area contributed by atoms with E-state index in [1.165, 1.54) is 0 Å². The predicted octanol–water partition coefficient (Wildman–Crippen LogP) is 2.66. The number of nitrogens with one attached hydrogen (secondary N) is 2. The summed E-state index contributed by atoms with van der Waals surface area (Å²) in [4.78, 5) is 23.7. The van der Waals surface area contributed by atoms with Crippen LogP contribution in [0, 0.1) is 12.3 Å². The average Bonchev–Trinajstić information content (AvgIpc) is 2.41. The van der Waals surface area contributed by atoms with Gasteiger partial charge in [-0.2, -0.15) is 0 Å². The minimum absolute atomic E-state index is 0.0621. The van der Waals surface area contributed by atoms with Crippen LogP contribution in [0.25, 0.3) is 0 Å². The highest BCUT2D eigenvalue weighted by molar-refractivity contribution is 5.98. The van der Waals surface area contributed by atoms with Gasteiger partial charge in [0.25, 0.3) is 0 Å². The molecule has 0 aliphatic rings. The lowest BCUT2D eigenvalue weighted by Gasteiger charge is -2.26. The maximum Gasteiger partial charge on any atom is 0.241 e. The van der Waals surface area contributed by atoms with E-state index >= 15 is 0 Å². The number of carbonyl (C=O) groups is 2. The van der Waals surface area contributed by atoms with Crippen molar-refractivity contribution in [2.75, 3.05) is 10.6 Å². The third-order valence-electron chi connectivity index (χ3n) is 3.40. The Kier molecular flexibility index (Phi) is 5.49. The van der Waals surface area contributed by atoms with Gasteiger partial charge in [-0.05, 0) is 30.0 Å². The molecule has 0 heterocycles. The third kappa shape index (κ3) is 4.56. The Morgan fingerprint density at radius 1 is 1.19 bits per heavy atom. The van der Waals surface area contributed by atoms with Gasteiger partial charge in [-0.25, -0.2) is 0 Å². The van der Waals surface area contributed by atoms with Crippen molar-refractivity contribution in [3.8, 4) is 0 Å². The van der Waals surface area contributed by atoms with E-state index in [1.807, 2.05) is 33.8 Å². The number of anilines is 2. The van der Waals surface area contributed by atoms with E-state index in [-0.39, 0.29) is 17.2 Å². The first kappa shape index (κ1) is 17.2. The molecule has 1 aromatic rings. The van der Waals surface area contributed by atoms with Crippen LogP contribution in [0.2, 0.25) is 0 Å².